The second-order valence-electron chi connectivity index (χ2n) is 4.80. The SMILES string of the molecule is CCCCN(C)C(=O)CCNc1cc(Cl)ccc1C. The Balaban J connectivity index is 2.37. The lowest BCUT2D eigenvalue weighted by atomic mass is 10.2. The topological polar surface area (TPSA) is 32.3 Å². The van der Waals surface area contributed by atoms with Crippen molar-refractivity contribution >= 4 is 23.2 Å². The fourth-order valence-electron chi connectivity index (χ4n) is 1.80. The number of nitrogens with one attached hydrogen (secondary N) is 1. The van der Waals surface area contributed by atoms with Gasteiger partial charge in [0.05, 0.1) is 0 Å². The zero-order valence-corrected chi connectivity index (χ0v) is 12.8. The number of halogens is 1. The molecule has 0 saturated heterocycles. The van der Waals surface area contributed by atoms with Crippen LogP contribution in [-0.2, 0) is 4.79 Å². The molecule has 106 valence electrons. The van der Waals surface area contributed by atoms with E-state index in [4.69, 9.17) is 11.6 Å². The van der Waals surface area contributed by atoms with Gasteiger partial charge in [-0.05, 0) is 31.0 Å². The lowest BCUT2D eigenvalue weighted by molar-refractivity contribution is -0.129. The quantitative estimate of drug-likeness (QED) is 0.827. The van der Waals surface area contributed by atoms with Crippen molar-refractivity contribution in [3.8, 4) is 0 Å². The first-order valence-electron chi connectivity index (χ1n) is 6.78. The Kier molecular flexibility index (Phi) is 6.71. The Hall–Kier alpha value is -1.22. The molecule has 1 N–H and O–H groups in total. The summed E-state index contributed by atoms with van der Waals surface area (Å²) in [5.41, 5.74) is 2.13. The van der Waals surface area contributed by atoms with Gasteiger partial charge in [0.15, 0.2) is 0 Å². The van der Waals surface area contributed by atoms with Gasteiger partial charge < -0.3 is 10.2 Å². The molecule has 1 aromatic carbocycles. The number of unbranched alkanes of at least 4 members (excludes halogenated alkanes) is 1. The number of carbonyl (C=O) groups excluding carboxylic acids is 1. The molecule has 0 saturated carbocycles. The summed E-state index contributed by atoms with van der Waals surface area (Å²) in [5.74, 6) is 0.181. The molecule has 0 atom stereocenters. The number of nitrogens with zero attached hydrogens (tertiary/aromatic N) is 1. The van der Waals surface area contributed by atoms with Crippen LogP contribution in [0.3, 0.4) is 0 Å². The monoisotopic (exact) mass is 282 g/mol. The summed E-state index contributed by atoms with van der Waals surface area (Å²) in [6.07, 6.45) is 2.67. The molecule has 19 heavy (non-hydrogen) atoms. The molecule has 1 rings (SSSR count). The Labute approximate surface area is 120 Å². The second-order valence-corrected chi connectivity index (χ2v) is 5.24. The van der Waals surface area contributed by atoms with E-state index in [-0.39, 0.29) is 5.91 Å². The fourth-order valence-corrected chi connectivity index (χ4v) is 1.97. The molecule has 0 radical (unpaired) electrons. The minimum Gasteiger partial charge on any atom is -0.384 e. The number of amides is 1. The van der Waals surface area contributed by atoms with Gasteiger partial charge in [-0.1, -0.05) is 31.0 Å². The molecule has 0 aliphatic rings. The third kappa shape index (κ3) is 5.52. The van der Waals surface area contributed by atoms with Crippen molar-refractivity contribution in [1.82, 2.24) is 4.90 Å². The van der Waals surface area contributed by atoms with E-state index in [1.807, 2.05) is 32.2 Å². The minimum atomic E-state index is 0.181. The predicted molar refractivity (Wildman–Crippen MR) is 81.8 cm³/mol. The van der Waals surface area contributed by atoms with Crippen LogP contribution in [-0.4, -0.2) is 30.9 Å². The molecular formula is C15H23ClN2O. The zero-order chi connectivity index (χ0) is 14.3. The molecule has 4 heteroatoms. The normalized spacial score (nSPS) is 10.3. The number of benzene rings is 1. The summed E-state index contributed by atoms with van der Waals surface area (Å²) in [5, 5.41) is 3.97. The van der Waals surface area contributed by atoms with Crippen LogP contribution in [0.4, 0.5) is 5.69 Å². The number of hydrogen-bond acceptors (Lipinski definition) is 2. The number of hydrogen-bond donors (Lipinski definition) is 1. The molecule has 0 spiro atoms. The van der Waals surface area contributed by atoms with Crippen molar-refractivity contribution in [1.29, 1.82) is 0 Å². The maximum atomic E-state index is 11.9. The Morgan fingerprint density at radius 3 is 2.84 bits per heavy atom. The molecule has 0 fully saturated rings. The third-order valence-corrected chi connectivity index (χ3v) is 3.36. The van der Waals surface area contributed by atoms with E-state index in [0.717, 1.165) is 30.6 Å². The average Bonchev–Trinajstić information content (AvgIpc) is 2.39. The molecule has 0 bridgehead atoms. The summed E-state index contributed by atoms with van der Waals surface area (Å²) in [6, 6.07) is 5.73. The van der Waals surface area contributed by atoms with E-state index in [1.54, 1.807) is 4.90 Å². The first kappa shape index (κ1) is 15.8. The highest BCUT2D eigenvalue weighted by Crippen LogP contribution is 2.19. The van der Waals surface area contributed by atoms with Crippen LogP contribution in [0.15, 0.2) is 18.2 Å². The number of anilines is 1. The van der Waals surface area contributed by atoms with Gasteiger partial charge in [0.2, 0.25) is 5.91 Å². The molecule has 0 unspecified atom stereocenters. The van der Waals surface area contributed by atoms with E-state index in [0.29, 0.717) is 18.0 Å². The number of carbonyl (C=O) groups is 1. The van der Waals surface area contributed by atoms with Crippen molar-refractivity contribution in [2.45, 2.75) is 33.1 Å². The molecule has 1 amide bonds. The third-order valence-electron chi connectivity index (χ3n) is 3.13. The first-order chi connectivity index (χ1) is 9.04. The van der Waals surface area contributed by atoms with E-state index >= 15 is 0 Å². The van der Waals surface area contributed by atoms with E-state index < -0.39 is 0 Å². The molecule has 1 aromatic rings. The summed E-state index contributed by atoms with van der Waals surface area (Å²) in [6.45, 7) is 5.62. The van der Waals surface area contributed by atoms with Crippen LogP contribution in [0.1, 0.15) is 31.7 Å². The summed E-state index contributed by atoms with van der Waals surface area (Å²) < 4.78 is 0. The van der Waals surface area contributed by atoms with Gasteiger partial charge in [0.1, 0.15) is 0 Å². The van der Waals surface area contributed by atoms with Crippen LogP contribution in [0, 0.1) is 6.92 Å². The van der Waals surface area contributed by atoms with Crippen LogP contribution in [0.25, 0.3) is 0 Å². The molecule has 3 nitrogen and oxygen atoms in total. The van der Waals surface area contributed by atoms with Crippen LogP contribution >= 0.6 is 11.6 Å². The first-order valence-corrected chi connectivity index (χ1v) is 7.16. The molecule has 0 aromatic heterocycles. The van der Waals surface area contributed by atoms with E-state index in [1.165, 1.54) is 0 Å². The van der Waals surface area contributed by atoms with Gasteiger partial charge in [-0.15, -0.1) is 0 Å². The van der Waals surface area contributed by atoms with E-state index in [9.17, 15) is 4.79 Å². The van der Waals surface area contributed by atoms with Crippen LogP contribution in [0.2, 0.25) is 5.02 Å². The van der Waals surface area contributed by atoms with Gasteiger partial charge in [-0.2, -0.15) is 0 Å². The summed E-state index contributed by atoms with van der Waals surface area (Å²) >= 11 is 5.95. The molecular weight excluding hydrogens is 260 g/mol. The second kappa shape index (κ2) is 8.05. The Bertz CT molecular complexity index is 421. The van der Waals surface area contributed by atoms with Gasteiger partial charge >= 0.3 is 0 Å². The highest BCUT2D eigenvalue weighted by Gasteiger charge is 2.07. The Morgan fingerprint density at radius 2 is 2.16 bits per heavy atom. The molecule has 0 heterocycles. The highest BCUT2D eigenvalue weighted by atomic mass is 35.5. The van der Waals surface area contributed by atoms with Crippen LogP contribution in [0.5, 0.6) is 0 Å². The maximum Gasteiger partial charge on any atom is 0.224 e. The number of aryl methyl sites for hydroxylation is 1. The average molecular weight is 283 g/mol. The lowest BCUT2D eigenvalue weighted by Crippen LogP contribution is -2.29. The van der Waals surface area contributed by atoms with Gasteiger partial charge in [-0.25, -0.2) is 0 Å². The predicted octanol–water partition coefficient (Wildman–Crippen LogP) is 3.71. The smallest absolute Gasteiger partial charge is 0.224 e. The Morgan fingerprint density at radius 1 is 1.42 bits per heavy atom. The van der Waals surface area contributed by atoms with Gasteiger partial charge in [0, 0.05) is 37.3 Å². The lowest BCUT2D eigenvalue weighted by Gasteiger charge is -2.17. The van der Waals surface area contributed by atoms with E-state index in [2.05, 4.69) is 12.2 Å². The number of rotatable bonds is 7. The van der Waals surface area contributed by atoms with Crippen molar-refractivity contribution in [2.24, 2.45) is 0 Å². The van der Waals surface area contributed by atoms with Crippen molar-refractivity contribution < 1.29 is 4.79 Å². The molecule has 0 aliphatic carbocycles. The minimum absolute atomic E-state index is 0.181. The zero-order valence-electron chi connectivity index (χ0n) is 12.0. The van der Waals surface area contributed by atoms with Crippen molar-refractivity contribution in [3.63, 3.8) is 0 Å². The van der Waals surface area contributed by atoms with Gasteiger partial charge in [0.25, 0.3) is 0 Å². The fraction of sp³-hybridized carbons (Fsp3) is 0.533. The standard InChI is InChI=1S/C15H23ClN2O/c1-4-5-10-18(3)15(19)8-9-17-14-11-13(16)7-6-12(14)2/h6-7,11,17H,4-5,8-10H2,1-3H3. The largest absolute Gasteiger partial charge is 0.384 e. The summed E-state index contributed by atoms with van der Waals surface area (Å²) in [7, 11) is 1.86. The maximum absolute atomic E-state index is 11.9. The highest BCUT2D eigenvalue weighted by molar-refractivity contribution is 6.30. The van der Waals surface area contributed by atoms with Crippen molar-refractivity contribution in [3.05, 3.63) is 28.8 Å². The van der Waals surface area contributed by atoms with Gasteiger partial charge in [-0.3, -0.25) is 4.79 Å². The van der Waals surface area contributed by atoms with Crippen molar-refractivity contribution in [2.75, 3.05) is 25.5 Å². The molecule has 0 aliphatic heterocycles. The summed E-state index contributed by atoms with van der Waals surface area (Å²) in [4.78, 5) is 13.7. The van der Waals surface area contributed by atoms with Crippen LogP contribution < -0.4 is 5.32 Å².